The quantitative estimate of drug-likeness (QED) is 0.900. The molecule has 1 fully saturated rings. The molecular weight excluding hydrogens is 284 g/mol. The van der Waals surface area contributed by atoms with Crippen molar-refractivity contribution in [3.05, 3.63) is 42.4 Å². The number of aromatic nitrogens is 2. The van der Waals surface area contributed by atoms with Crippen LogP contribution in [0.2, 0.25) is 0 Å². The van der Waals surface area contributed by atoms with Crippen LogP contribution in [0.1, 0.15) is 5.69 Å². The summed E-state index contributed by atoms with van der Waals surface area (Å²) in [6.07, 6.45) is 1.44. The van der Waals surface area contributed by atoms with Crippen LogP contribution in [0.15, 0.2) is 36.7 Å². The van der Waals surface area contributed by atoms with E-state index in [1.807, 2.05) is 24.3 Å². The normalized spacial score (nSPS) is 18.1. The van der Waals surface area contributed by atoms with E-state index in [1.54, 1.807) is 6.07 Å². The zero-order valence-corrected chi connectivity index (χ0v) is 12.1. The van der Waals surface area contributed by atoms with Crippen LogP contribution in [0.25, 0.3) is 11.3 Å². The highest BCUT2D eigenvalue weighted by molar-refractivity contribution is 5.60. The van der Waals surface area contributed by atoms with Gasteiger partial charge in [-0.1, -0.05) is 0 Å². The van der Waals surface area contributed by atoms with Gasteiger partial charge >= 0.3 is 0 Å². The topological polar surface area (TPSA) is 73.7 Å². The predicted octanol–water partition coefficient (Wildman–Crippen LogP) is 1.43. The van der Waals surface area contributed by atoms with E-state index in [2.05, 4.69) is 9.97 Å². The molecule has 0 bridgehead atoms. The molecule has 1 atom stereocenters. The number of hydrogen-bond donors (Lipinski definition) is 1. The van der Waals surface area contributed by atoms with Gasteiger partial charge in [0, 0.05) is 5.56 Å². The van der Waals surface area contributed by atoms with Crippen LogP contribution in [-0.4, -0.2) is 47.6 Å². The molecule has 116 valence electrons. The van der Waals surface area contributed by atoms with Gasteiger partial charge in [-0.25, -0.2) is 9.97 Å². The molecule has 0 radical (unpaired) electrons. The summed E-state index contributed by atoms with van der Waals surface area (Å²) in [5.41, 5.74) is 2.32. The van der Waals surface area contributed by atoms with Gasteiger partial charge in [0.2, 0.25) is 0 Å². The second-order valence-corrected chi connectivity index (χ2v) is 4.96. The number of hydrogen-bond acceptors (Lipinski definition) is 6. The van der Waals surface area contributed by atoms with E-state index in [-0.39, 0.29) is 12.7 Å². The van der Waals surface area contributed by atoms with Crippen molar-refractivity contribution in [2.45, 2.75) is 12.7 Å². The first-order valence-electron chi connectivity index (χ1n) is 7.19. The Morgan fingerprint density at radius 1 is 1.18 bits per heavy atom. The molecule has 0 saturated carbocycles. The first-order valence-corrected chi connectivity index (χ1v) is 7.19. The minimum absolute atomic E-state index is 0.0117. The molecule has 1 aliphatic rings. The smallest absolute Gasteiger partial charge is 0.119 e. The standard InChI is InChI=1S/C16H18N2O4/c19-8-13-7-16(18-11-17-13)12-1-3-14(4-2-12)22-10-15-9-20-5-6-21-15/h1-4,7,11,15,19H,5-6,8-10H2. The molecule has 2 aromatic rings. The van der Waals surface area contributed by atoms with Gasteiger partial charge in [-0.15, -0.1) is 0 Å². The number of nitrogens with zero attached hydrogens (tertiary/aromatic N) is 2. The molecule has 22 heavy (non-hydrogen) atoms. The van der Waals surface area contributed by atoms with Crippen molar-refractivity contribution in [3.8, 4) is 17.0 Å². The first kappa shape index (κ1) is 14.9. The Bertz CT molecular complexity index is 597. The van der Waals surface area contributed by atoms with E-state index in [0.29, 0.717) is 32.1 Å². The van der Waals surface area contributed by atoms with E-state index in [1.165, 1.54) is 6.33 Å². The van der Waals surface area contributed by atoms with E-state index in [9.17, 15) is 0 Å². The Morgan fingerprint density at radius 2 is 2.05 bits per heavy atom. The lowest BCUT2D eigenvalue weighted by Gasteiger charge is -2.22. The monoisotopic (exact) mass is 302 g/mol. The summed E-state index contributed by atoms with van der Waals surface area (Å²) >= 11 is 0. The second kappa shape index (κ2) is 7.31. The molecule has 1 aromatic heterocycles. The maximum absolute atomic E-state index is 9.11. The van der Waals surface area contributed by atoms with E-state index in [4.69, 9.17) is 19.3 Å². The SMILES string of the molecule is OCc1cc(-c2ccc(OCC3COCCO3)cc2)ncn1. The minimum Gasteiger partial charge on any atom is -0.491 e. The second-order valence-electron chi connectivity index (χ2n) is 4.96. The van der Waals surface area contributed by atoms with Gasteiger partial charge in [-0.2, -0.15) is 0 Å². The Kier molecular flexibility index (Phi) is 4.95. The van der Waals surface area contributed by atoms with Crippen molar-refractivity contribution in [3.63, 3.8) is 0 Å². The van der Waals surface area contributed by atoms with Crippen molar-refractivity contribution in [1.29, 1.82) is 0 Å². The van der Waals surface area contributed by atoms with Gasteiger partial charge in [-0.05, 0) is 30.3 Å². The molecule has 1 aromatic carbocycles. The van der Waals surface area contributed by atoms with Gasteiger partial charge in [0.05, 0.1) is 37.8 Å². The highest BCUT2D eigenvalue weighted by Gasteiger charge is 2.14. The number of aliphatic hydroxyl groups excluding tert-OH is 1. The molecule has 6 nitrogen and oxygen atoms in total. The van der Waals surface area contributed by atoms with Crippen LogP contribution in [0, 0.1) is 0 Å². The summed E-state index contributed by atoms with van der Waals surface area (Å²) < 4.78 is 16.6. The van der Waals surface area contributed by atoms with Gasteiger partial charge in [0.1, 0.15) is 24.8 Å². The Labute approximate surface area is 128 Å². The van der Waals surface area contributed by atoms with Crippen LogP contribution < -0.4 is 4.74 Å². The molecule has 6 heteroatoms. The Balaban J connectivity index is 1.61. The van der Waals surface area contributed by atoms with Crippen LogP contribution in [0.5, 0.6) is 5.75 Å². The van der Waals surface area contributed by atoms with Crippen molar-refractivity contribution < 1.29 is 19.3 Å². The molecule has 0 spiro atoms. The maximum Gasteiger partial charge on any atom is 0.119 e. The summed E-state index contributed by atoms with van der Waals surface area (Å²) in [5, 5.41) is 9.11. The molecule has 1 saturated heterocycles. The molecule has 2 heterocycles. The van der Waals surface area contributed by atoms with Gasteiger partial charge < -0.3 is 19.3 Å². The third kappa shape index (κ3) is 3.79. The van der Waals surface area contributed by atoms with Crippen molar-refractivity contribution in [2.75, 3.05) is 26.4 Å². The molecule has 1 unspecified atom stereocenters. The van der Waals surface area contributed by atoms with Crippen LogP contribution in [-0.2, 0) is 16.1 Å². The van der Waals surface area contributed by atoms with Gasteiger partial charge in [0.25, 0.3) is 0 Å². The molecule has 1 N–H and O–H groups in total. The zero-order valence-electron chi connectivity index (χ0n) is 12.1. The van der Waals surface area contributed by atoms with Crippen molar-refractivity contribution in [2.24, 2.45) is 0 Å². The number of rotatable bonds is 5. The lowest BCUT2D eigenvalue weighted by Crippen LogP contribution is -2.33. The predicted molar refractivity (Wildman–Crippen MR) is 79.4 cm³/mol. The molecular formula is C16H18N2O4. The fourth-order valence-electron chi connectivity index (χ4n) is 2.19. The summed E-state index contributed by atoms with van der Waals surface area (Å²) in [5.74, 6) is 0.773. The highest BCUT2D eigenvalue weighted by Crippen LogP contribution is 2.21. The minimum atomic E-state index is -0.0970. The largest absolute Gasteiger partial charge is 0.491 e. The fourth-order valence-corrected chi connectivity index (χ4v) is 2.19. The summed E-state index contributed by atoms with van der Waals surface area (Å²) in [7, 11) is 0. The van der Waals surface area contributed by atoms with Crippen molar-refractivity contribution >= 4 is 0 Å². The number of benzene rings is 1. The molecule has 0 amide bonds. The summed E-state index contributed by atoms with van der Waals surface area (Å²) in [4.78, 5) is 8.18. The highest BCUT2D eigenvalue weighted by atomic mass is 16.6. The molecule has 0 aliphatic carbocycles. The van der Waals surface area contributed by atoms with Crippen molar-refractivity contribution in [1.82, 2.24) is 9.97 Å². The van der Waals surface area contributed by atoms with E-state index < -0.39 is 0 Å². The van der Waals surface area contributed by atoms with Crippen LogP contribution >= 0.6 is 0 Å². The van der Waals surface area contributed by atoms with E-state index in [0.717, 1.165) is 17.0 Å². The van der Waals surface area contributed by atoms with Gasteiger partial charge in [0.15, 0.2) is 0 Å². The van der Waals surface area contributed by atoms with Crippen LogP contribution in [0.4, 0.5) is 0 Å². The molecule has 1 aliphatic heterocycles. The Morgan fingerprint density at radius 3 is 2.77 bits per heavy atom. The third-order valence-corrected chi connectivity index (χ3v) is 3.36. The fraction of sp³-hybridized carbons (Fsp3) is 0.375. The zero-order chi connectivity index (χ0) is 15.2. The molecule has 3 rings (SSSR count). The average molecular weight is 302 g/mol. The first-order chi connectivity index (χ1) is 10.8. The Hall–Kier alpha value is -2.02. The average Bonchev–Trinajstić information content (AvgIpc) is 2.61. The number of ether oxygens (including phenoxy) is 3. The van der Waals surface area contributed by atoms with E-state index >= 15 is 0 Å². The lowest BCUT2D eigenvalue weighted by molar-refractivity contribution is -0.101. The van der Waals surface area contributed by atoms with Gasteiger partial charge in [-0.3, -0.25) is 0 Å². The lowest BCUT2D eigenvalue weighted by atomic mass is 10.1. The van der Waals surface area contributed by atoms with Crippen LogP contribution in [0.3, 0.4) is 0 Å². The summed E-state index contributed by atoms with van der Waals surface area (Å²) in [6.45, 7) is 2.22. The third-order valence-electron chi connectivity index (χ3n) is 3.36. The summed E-state index contributed by atoms with van der Waals surface area (Å²) in [6, 6.07) is 9.40. The number of aliphatic hydroxyl groups is 1. The maximum atomic E-state index is 9.11.